The van der Waals surface area contributed by atoms with E-state index in [0.717, 1.165) is 17.7 Å². The first kappa shape index (κ1) is 13.1. The molecule has 6 nitrogen and oxygen atoms in total. The zero-order valence-electron chi connectivity index (χ0n) is 11.2. The molecule has 0 radical (unpaired) electrons. The maximum atomic E-state index is 9.64. The Balaban J connectivity index is 1.67. The molecule has 0 amide bonds. The van der Waals surface area contributed by atoms with Crippen LogP contribution in [0.1, 0.15) is 23.4 Å². The van der Waals surface area contributed by atoms with Crippen LogP contribution in [0.25, 0.3) is 0 Å². The van der Waals surface area contributed by atoms with Crippen LogP contribution in [-0.4, -0.2) is 35.1 Å². The third-order valence-electron chi connectivity index (χ3n) is 3.19. The third kappa shape index (κ3) is 2.66. The zero-order chi connectivity index (χ0) is 13.9. The van der Waals surface area contributed by atoms with Crippen LogP contribution in [0, 0.1) is 0 Å². The van der Waals surface area contributed by atoms with Crippen LogP contribution in [0.15, 0.2) is 28.8 Å². The number of methoxy groups -OCH3 is 1. The van der Waals surface area contributed by atoms with Gasteiger partial charge < -0.3 is 19.1 Å². The summed E-state index contributed by atoms with van der Waals surface area (Å²) in [5.74, 6) is 1.77. The van der Waals surface area contributed by atoms with Crippen molar-refractivity contribution in [1.29, 1.82) is 0 Å². The van der Waals surface area contributed by atoms with Crippen molar-refractivity contribution in [3.63, 3.8) is 0 Å². The fourth-order valence-electron chi connectivity index (χ4n) is 2.26. The number of aromatic nitrogens is 2. The Morgan fingerprint density at radius 2 is 2.30 bits per heavy atom. The van der Waals surface area contributed by atoms with Gasteiger partial charge in [0.15, 0.2) is 6.10 Å². The standard InChI is InChI=1S/C14H16N2O4/c1-18-8-10(17)7-13-15-14(16-20-13)12-6-9-4-2-3-5-11(9)19-12/h2-5,10,12,17H,6-8H2,1H3. The molecule has 1 aromatic heterocycles. The van der Waals surface area contributed by atoms with Crippen LogP contribution in [0.4, 0.5) is 0 Å². The van der Waals surface area contributed by atoms with Crippen molar-refractivity contribution >= 4 is 0 Å². The van der Waals surface area contributed by atoms with E-state index in [1.54, 1.807) is 0 Å². The van der Waals surface area contributed by atoms with Gasteiger partial charge in [0.1, 0.15) is 5.75 Å². The maximum absolute atomic E-state index is 9.64. The van der Waals surface area contributed by atoms with Gasteiger partial charge in [-0.2, -0.15) is 4.98 Å². The summed E-state index contributed by atoms with van der Waals surface area (Å²) in [6.07, 6.45) is 0.149. The molecule has 20 heavy (non-hydrogen) atoms. The highest BCUT2D eigenvalue weighted by Crippen LogP contribution is 2.35. The molecule has 2 aromatic rings. The van der Waals surface area contributed by atoms with E-state index in [4.69, 9.17) is 14.0 Å². The summed E-state index contributed by atoms with van der Waals surface area (Å²) in [4.78, 5) is 4.28. The average molecular weight is 276 g/mol. The number of ether oxygens (including phenoxy) is 2. The topological polar surface area (TPSA) is 77.6 Å². The Bertz CT molecular complexity index is 559. The van der Waals surface area contributed by atoms with E-state index in [-0.39, 0.29) is 19.1 Å². The van der Waals surface area contributed by atoms with E-state index < -0.39 is 6.10 Å². The fourth-order valence-corrected chi connectivity index (χ4v) is 2.26. The molecule has 0 fully saturated rings. The first-order chi connectivity index (χ1) is 9.76. The maximum Gasteiger partial charge on any atom is 0.229 e. The minimum Gasteiger partial charge on any atom is -0.482 e. The predicted octanol–water partition coefficient (Wildman–Crippen LogP) is 1.30. The second kappa shape index (κ2) is 5.60. The van der Waals surface area contributed by atoms with Crippen LogP contribution < -0.4 is 4.74 Å². The zero-order valence-corrected chi connectivity index (χ0v) is 11.2. The number of aliphatic hydroxyl groups is 1. The van der Waals surface area contributed by atoms with Gasteiger partial charge in [0, 0.05) is 13.5 Å². The first-order valence-corrected chi connectivity index (χ1v) is 6.50. The number of fused-ring (bicyclic) bond motifs is 1. The van der Waals surface area contributed by atoms with Crippen LogP contribution in [0.3, 0.4) is 0 Å². The van der Waals surface area contributed by atoms with E-state index >= 15 is 0 Å². The molecule has 3 rings (SSSR count). The quantitative estimate of drug-likeness (QED) is 0.886. The highest BCUT2D eigenvalue weighted by molar-refractivity contribution is 5.37. The summed E-state index contributed by atoms with van der Waals surface area (Å²) in [6.45, 7) is 0.239. The summed E-state index contributed by atoms with van der Waals surface area (Å²) in [6, 6.07) is 7.87. The molecule has 1 aromatic carbocycles. The lowest BCUT2D eigenvalue weighted by Gasteiger charge is -2.05. The number of rotatable bonds is 5. The molecule has 1 N–H and O–H groups in total. The van der Waals surface area contributed by atoms with Crippen LogP contribution in [-0.2, 0) is 17.6 Å². The summed E-state index contributed by atoms with van der Waals surface area (Å²) in [5, 5.41) is 13.6. The van der Waals surface area contributed by atoms with Crippen LogP contribution in [0.5, 0.6) is 5.75 Å². The molecular weight excluding hydrogens is 260 g/mol. The minimum atomic E-state index is -0.644. The molecule has 2 unspecified atom stereocenters. The third-order valence-corrected chi connectivity index (χ3v) is 3.19. The van der Waals surface area contributed by atoms with E-state index in [1.165, 1.54) is 7.11 Å². The highest BCUT2D eigenvalue weighted by atomic mass is 16.5. The second-order valence-corrected chi connectivity index (χ2v) is 4.78. The van der Waals surface area contributed by atoms with Gasteiger partial charge in [0.25, 0.3) is 0 Å². The summed E-state index contributed by atoms with van der Waals surface area (Å²) < 4.78 is 15.8. The molecule has 0 aliphatic carbocycles. The highest BCUT2D eigenvalue weighted by Gasteiger charge is 2.28. The minimum absolute atomic E-state index is 0.218. The number of para-hydroxylation sites is 1. The molecule has 0 saturated carbocycles. The van der Waals surface area contributed by atoms with E-state index in [9.17, 15) is 5.11 Å². The van der Waals surface area contributed by atoms with Gasteiger partial charge in [-0.3, -0.25) is 0 Å². The van der Waals surface area contributed by atoms with Gasteiger partial charge in [-0.15, -0.1) is 0 Å². The molecule has 6 heteroatoms. The van der Waals surface area contributed by atoms with E-state index in [2.05, 4.69) is 10.1 Å². The van der Waals surface area contributed by atoms with Crippen molar-refractivity contribution in [3.8, 4) is 5.75 Å². The number of hydrogen-bond donors (Lipinski definition) is 1. The molecule has 0 spiro atoms. The lowest BCUT2D eigenvalue weighted by molar-refractivity contribution is 0.0599. The van der Waals surface area contributed by atoms with Gasteiger partial charge in [0.2, 0.25) is 11.7 Å². The van der Waals surface area contributed by atoms with Gasteiger partial charge >= 0.3 is 0 Å². The number of benzene rings is 1. The lowest BCUT2D eigenvalue weighted by atomic mass is 10.1. The van der Waals surface area contributed by atoms with Crippen LogP contribution in [0.2, 0.25) is 0 Å². The molecule has 0 bridgehead atoms. The summed E-state index contributed by atoms with van der Waals surface area (Å²) in [5.41, 5.74) is 1.14. The molecule has 2 atom stereocenters. The smallest absolute Gasteiger partial charge is 0.229 e. The Morgan fingerprint density at radius 1 is 1.45 bits per heavy atom. The molecule has 2 heterocycles. The van der Waals surface area contributed by atoms with Crippen molar-refractivity contribution in [2.24, 2.45) is 0 Å². The number of hydrogen-bond acceptors (Lipinski definition) is 6. The second-order valence-electron chi connectivity index (χ2n) is 4.78. The van der Waals surface area contributed by atoms with E-state index in [1.807, 2.05) is 24.3 Å². The molecule has 1 aliphatic heterocycles. The summed E-state index contributed by atoms with van der Waals surface area (Å²) in [7, 11) is 1.53. The Labute approximate surface area is 116 Å². The van der Waals surface area contributed by atoms with Crippen molar-refractivity contribution in [2.75, 3.05) is 13.7 Å². The SMILES string of the molecule is COCC(O)Cc1nc(C2Cc3ccccc3O2)no1. The molecule has 0 saturated heterocycles. The summed E-state index contributed by atoms with van der Waals surface area (Å²) >= 11 is 0. The molecule has 106 valence electrons. The van der Waals surface area contributed by atoms with Crippen molar-refractivity contribution in [3.05, 3.63) is 41.5 Å². The predicted molar refractivity (Wildman–Crippen MR) is 69.4 cm³/mol. The van der Waals surface area contributed by atoms with Crippen LogP contribution >= 0.6 is 0 Å². The monoisotopic (exact) mass is 276 g/mol. The number of aliphatic hydroxyl groups excluding tert-OH is 1. The Morgan fingerprint density at radius 3 is 3.10 bits per heavy atom. The number of nitrogens with zero attached hydrogens (tertiary/aromatic N) is 2. The first-order valence-electron chi connectivity index (χ1n) is 6.50. The van der Waals surface area contributed by atoms with Gasteiger partial charge in [-0.1, -0.05) is 23.4 Å². The van der Waals surface area contributed by atoms with Gasteiger partial charge in [-0.25, -0.2) is 0 Å². The fraction of sp³-hybridized carbons (Fsp3) is 0.429. The van der Waals surface area contributed by atoms with Crippen molar-refractivity contribution < 1.29 is 19.1 Å². The van der Waals surface area contributed by atoms with E-state index in [0.29, 0.717) is 11.7 Å². The van der Waals surface area contributed by atoms with Crippen molar-refractivity contribution in [1.82, 2.24) is 10.1 Å². The largest absolute Gasteiger partial charge is 0.482 e. The lowest BCUT2D eigenvalue weighted by Crippen LogP contribution is -2.17. The molecular formula is C14H16N2O4. The van der Waals surface area contributed by atoms with Crippen molar-refractivity contribution in [2.45, 2.75) is 25.0 Å². The molecule has 1 aliphatic rings. The normalized spacial score (nSPS) is 18.6. The Hall–Kier alpha value is -1.92. The van der Waals surface area contributed by atoms with Gasteiger partial charge in [0.05, 0.1) is 19.1 Å². The van der Waals surface area contributed by atoms with Gasteiger partial charge in [-0.05, 0) is 11.6 Å². The Kier molecular flexibility index (Phi) is 3.66. The average Bonchev–Trinajstić information content (AvgIpc) is 3.04.